The van der Waals surface area contributed by atoms with E-state index < -0.39 is 0 Å². The van der Waals surface area contributed by atoms with E-state index >= 15 is 0 Å². The molecule has 1 atom stereocenters. The monoisotopic (exact) mass is 187 g/mol. The number of hydrogen-bond donors (Lipinski definition) is 0. The molecule has 0 saturated carbocycles. The SMILES string of the molecule is CC.CN(C)CCC1(C)CCOC1. The third kappa shape index (κ3) is 5.27. The smallest absolute Gasteiger partial charge is 0.0521 e. The summed E-state index contributed by atoms with van der Waals surface area (Å²) in [7, 11) is 4.25. The van der Waals surface area contributed by atoms with Gasteiger partial charge in [0.15, 0.2) is 0 Å². The Hall–Kier alpha value is -0.0800. The van der Waals surface area contributed by atoms with Crippen LogP contribution in [-0.4, -0.2) is 38.8 Å². The Balaban J connectivity index is 0.000000671. The molecule has 1 unspecified atom stereocenters. The Morgan fingerprint density at radius 3 is 2.31 bits per heavy atom. The van der Waals surface area contributed by atoms with Gasteiger partial charge in [-0.15, -0.1) is 0 Å². The average molecular weight is 187 g/mol. The lowest BCUT2D eigenvalue weighted by Crippen LogP contribution is -2.24. The lowest BCUT2D eigenvalue weighted by molar-refractivity contribution is 0.149. The number of nitrogens with zero attached hydrogens (tertiary/aromatic N) is 1. The van der Waals surface area contributed by atoms with Gasteiger partial charge in [-0.1, -0.05) is 20.8 Å². The highest BCUT2D eigenvalue weighted by molar-refractivity contribution is 4.78. The highest BCUT2D eigenvalue weighted by Gasteiger charge is 2.28. The summed E-state index contributed by atoms with van der Waals surface area (Å²) >= 11 is 0. The zero-order chi connectivity index (χ0) is 10.3. The molecule has 1 aliphatic heterocycles. The van der Waals surface area contributed by atoms with Crippen molar-refractivity contribution in [2.75, 3.05) is 33.9 Å². The van der Waals surface area contributed by atoms with E-state index in [1.807, 2.05) is 13.8 Å². The third-order valence-electron chi connectivity index (χ3n) is 2.46. The molecule has 0 amide bonds. The first-order valence-electron chi connectivity index (χ1n) is 5.35. The Morgan fingerprint density at radius 1 is 1.31 bits per heavy atom. The second kappa shape index (κ2) is 6.39. The third-order valence-corrected chi connectivity index (χ3v) is 2.46. The molecule has 80 valence electrons. The quantitative estimate of drug-likeness (QED) is 0.672. The number of hydrogen-bond acceptors (Lipinski definition) is 2. The summed E-state index contributed by atoms with van der Waals surface area (Å²) in [6.45, 7) is 9.42. The van der Waals surface area contributed by atoms with Crippen LogP contribution >= 0.6 is 0 Å². The van der Waals surface area contributed by atoms with E-state index in [0.29, 0.717) is 5.41 Å². The maximum Gasteiger partial charge on any atom is 0.0521 e. The van der Waals surface area contributed by atoms with Crippen LogP contribution in [0.25, 0.3) is 0 Å². The lowest BCUT2D eigenvalue weighted by Gasteiger charge is -2.23. The number of ether oxygens (including phenoxy) is 1. The van der Waals surface area contributed by atoms with Crippen LogP contribution in [-0.2, 0) is 4.74 Å². The molecule has 1 rings (SSSR count). The molecule has 0 aromatic heterocycles. The van der Waals surface area contributed by atoms with Crippen LogP contribution in [0.15, 0.2) is 0 Å². The minimum Gasteiger partial charge on any atom is -0.381 e. The van der Waals surface area contributed by atoms with E-state index in [2.05, 4.69) is 25.9 Å². The van der Waals surface area contributed by atoms with Crippen molar-refractivity contribution >= 4 is 0 Å². The van der Waals surface area contributed by atoms with Gasteiger partial charge in [0.05, 0.1) is 6.61 Å². The molecule has 13 heavy (non-hydrogen) atoms. The predicted octanol–water partition coefficient (Wildman–Crippen LogP) is 2.39. The maximum absolute atomic E-state index is 5.37. The summed E-state index contributed by atoms with van der Waals surface area (Å²) in [6, 6.07) is 0. The fourth-order valence-corrected chi connectivity index (χ4v) is 1.40. The van der Waals surface area contributed by atoms with E-state index in [-0.39, 0.29) is 0 Å². The van der Waals surface area contributed by atoms with Crippen LogP contribution in [0.4, 0.5) is 0 Å². The van der Waals surface area contributed by atoms with Crippen molar-refractivity contribution in [2.24, 2.45) is 5.41 Å². The van der Waals surface area contributed by atoms with Crippen molar-refractivity contribution in [3.63, 3.8) is 0 Å². The Labute approximate surface area is 83.3 Å². The Morgan fingerprint density at radius 2 is 1.92 bits per heavy atom. The molecular weight excluding hydrogens is 162 g/mol. The summed E-state index contributed by atoms with van der Waals surface area (Å²) in [5, 5.41) is 0. The van der Waals surface area contributed by atoms with Gasteiger partial charge in [-0.3, -0.25) is 0 Å². The second-order valence-electron chi connectivity index (χ2n) is 4.17. The molecule has 1 saturated heterocycles. The molecule has 1 aliphatic rings. The first-order chi connectivity index (χ1) is 6.12. The first kappa shape index (κ1) is 12.9. The van der Waals surface area contributed by atoms with Crippen molar-refractivity contribution in [2.45, 2.75) is 33.6 Å². The molecule has 0 bridgehead atoms. The molecule has 0 radical (unpaired) electrons. The maximum atomic E-state index is 5.37. The molecule has 0 aromatic rings. The van der Waals surface area contributed by atoms with Crippen molar-refractivity contribution in [3.8, 4) is 0 Å². The van der Waals surface area contributed by atoms with Crippen LogP contribution in [0.5, 0.6) is 0 Å². The second-order valence-corrected chi connectivity index (χ2v) is 4.17. The highest BCUT2D eigenvalue weighted by atomic mass is 16.5. The van der Waals surface area contributed by atoms with E-state index in [1.165, 1.54) is 19.4 Å². The predicted molar refractivity (Wildman–Crippen MR) is 58.1 cm³/mol. The van der Waals surface area contributed by atoms with Crippen LogP contribution < -0.4 is 0 Å². The minimum absolute atomic E-state index is 0.463. The van der Waals surface area contributed by atoms with Crippen molar-refractivity contribution in [1.82, 2.24) is 4.90 Å². The standard InChI is InChI=1S/C9H19NO.C2H6/c1-9(4-6-10(2)3)5-7-11-8-9;1-2/h4-8H2,1-3H3;1-2H3. The van der Waals surface area contributed by atoms with Crippen molar-refractivity contribution in [3.05, 3.63) is 0 Å². The molecule has 2 heteroatoms. The zero-order valence-electron chi connectivity index (χ0n) is 9.89. The van der Waals surface area contributed by atoms with Crippen LogP contribution in [0.2, 0.25) is 0 Å². The Bertz CT molecular complexity index is 117. The summed E-state index contributed by atoms with van der Waals surface area (Å²) in [4.78, 5) is 2.24. The lowest BCUT2D eigenvalue weighted by atomic mass is 9.86. The van der Waals surface area contributed by atoms with Gasteiger partial charge in [0.1, 0.15) is 0 Å². The van der Waals surface area contributed by atoms with Crippen LogP contribution in [0, 0.1) is 5.41 Å². The fraction of sp³-hybridized carbons (Fsp3) is 1.00. The topological polar surface area (TPSA) is 12.5 Å². The highest BCUT2D eigenvalue weighted by Crippen LogP contribution is 2.31. The largest absolute Gasteiger partial charge is 0.381 e. The van der Waals surface area contributed by atoms with Gasteiger partial charge in [0.25, 0.3) is 0 Å². The van der Waals surface area contributed by atoms with Gasteiger partial charge in [-0.2, -0.15) is 0 Å². The molecule has 0 N–H and O–H groups in total. The van der Waals surface area contributed by atoms with E-state index in [4.69, 9.17) is 4.74 Å². The fourth-order valence-electron chi connectivity index (χ4n) is 1.40. The van der Waals surface area contributed by atoms with Gasteiger partial charge < -0.3 is 9.64 Å². The molecular formula is C11H25NO. The molecule has 0 aromatic carbocycles. The Kier molecular flexibility index (Phi) is 6.35. The van der Waals surface area contributed by atoms with Crippen LogP contribution in [0.3, 0.4) is 0 Å². The summed E-state index contributed by atoms with van der Waals surface area (Å²) in [6.07, 6.45) is 2.50. The van der Waals surface area contributed by atoms with Gasteiger partial charge in [0.2, 0.25) is 0 Å². The molecule has 0 aliphatic carbocycles. The first-order valence-corrected chi connectivity index (χ1v) is 5.35. The zero-order valence-corrected chi connectivity index (χ0v) is 9.89. The van der Waals surface area contributed by atoms with Crippen molar-refractivity contribution in [1.29, 1.82) is 0 Å². The minimum atomic E-state index is 0.463. The van der Waals surface area contributed by atoms with Gasteiger partial charge in [-0.05, 0) is 38.9 Å². The van der Waals surface area contributed by atoms with E-state index in [9.17, 15) is 0 Å². The summed E-state index contributed by atoms with van der Waals surface area (Å²) in [5.74, 6) is 0. The molecule has 2 nitrogen and oxygen atoms in total. The van der Waals surface area contributed by atoms with Gasteiger partial charge in [-0.25, -0.2) is 0 Å². The average Bonchev–Trinajstić information content (AvgIpc) is 2.54. The van der Waals surface area contributed by atoms with Crippen molar-refractivity contribution < 1.29 is 4.74 Å². The normalized spacial score (nSPS) is 27.2. The molecule has 0 spiro atoms. The van der Waals surface area contributed by atoms with E-state index in [1.54, 1.807) is 0 Å². The van der Waals surface area contributed by atoms with Gasteiger partial charge in [0, 0.05) is 6.61 Å². The molecule has 1 fully saturated rings. The summed E-state index contributed by atoms with van der Waals surface area (Å²) in [5.41, 5.74) is 0.463. The van der Waals surface area contributed by atoms with Crippen LogP contribution in [0.1, 0.15) is 33.6 Å². The van der Waals surface area contributed by atoms with Gasteiger partial charge >= 0.3 is 0 Å². The van der Waals surface area contributed by atoms with E-state index in [0.717, 1.165) is 13.2 Å². The number of rotatable bonds is 3. The summed E-state index contributed by atoms with van der Waals surface area (Å²) < 4.78 is 5.37. The molecule has 1 heterocycles.